The first-order valence-electron chi connectivity index (χ1n) is 7.38. The summed E-state index contributed by atoms with van der Waals surface area (Å²) >= 11 is 1.83. The monoisotopic (exact) mass is 311 g/mol. The van der Waals surface area contributed by atoms with Crippen LogP contribution in [0.3, 0.4) is 0 Å². The maximum Gasteiger partial charge on any atom is 0.244 e. The Kier molecular flexibility index (Phi) is 6.78. The fourth-order valence-corrected chi connectivity index (χ4v) is 2.84. The molecule has 0 aromatic heterocycles. The molecule has 0 saturated carbocycles. The van der Waals surface area contributed by atoms with E-state index in [9.17, 15) is 4.79 Å². The van der Waals surface area contributed by atoms with E-state index in [1.165, 1.54) is 11.1 Å². The minimum Gasteiger partial charge on any atom is -0.352 e. The Bertz CT molecular complexity index is 622. The van der Waals surface area contributed by atoms with Gasteiger partial charge in [0.05, 0.1) is 0 Å². The highest BCUT2D eigenvalue weighted by Gasteiger charge is 1.97. The van der Waals surface area contributed by atoms with Crippen molar-refractivity contribution >= 4 is 23.7 Å². The van der Waals surface area contributed by atoms with Gasteiger partial charge in [-0.05, 0) is 24.1 Å². The molecule has 114 valence electrons. The summed E-state index contributed by atoms with van der Waals surface area (Å²) in [6.45, 7) is 2.79. The van der Waals surface area contributed by atoms with E-state index < -0.39 is 0 Å². The standard InChI is InChI=1S/C19H21NOS/c1-16-6-5-9-18(14-16)15-22-13-12-20-19(21)11-10-17-7-3-2-4-8-17/h2-11,14H,12-13,15H2,1H3,(H,20,21)/b11-10+. The van der Waals surface area contributed by atoms with Crippen molar-refractivity contribution in [3.63, 3.8) is 0 Å². The van der Waals surface area contributed by atoms with Crippen molar-refractivity contribution in [1.29, 1.82) is 0 Å². The zero-order chi connectivity index (χ0) is 15.6. The largest absolute Gasteiger partial charge is 0.352 e. The first kappa shape index (κ1) is 16.4. The maximum absolute atomic E-state index is 11.7. The van der Waals surface area contributed by atoms with Crippen LogP contribution in [0, 0.1) is 6.92 Å². The molecule has 1 N–H and O–H groups in total. The molecule has 0 aliphatic rings. The summed E-state index contributed by atoms with van der Waals surface area (Å²) in [5.41, 5.74) is 3.66. The summed E-state index contributed by atoms with van der Waals surface area (Å²) < 4.78 is 0. The van der Waals surface area contributed by atoms with Crippen LogP contribution in [0.1, 0.15) is 16.7 Å². The molecule has 0 saturated heterocycles. The molecule has 0 aliphatic carbocycles. The molecule has 2 nitrogen and oxygen atoms in total. The Balaban J connectivity index is 1.62. The van der Waals surface area contributed by atoms with Gasteiger partial charge in [-0.25, -0.2) is 0 Å². The topological polar surface area (TPSA) is 29.1 Å². The molecule has 2 aromatic rings. The lowest BCUT2D eigenvalue weighted by Crippen LogP contribution is -2.23. The smallest absolute Gasteiger partial charge is 0.244 e. The molecular formula is C19H21NOS. The van der Waals surface area contributed by atoms with Gasteiger partial charge in [0, 0.05) is 24.1 Å². The maximum atomic E-state index is 11.7. The summed E-state index contributed by atoms with van der Waals surface area (Å²) in [4.78, 5) is 11.7. The highest BCUT2D eigenvalue weighted by Crippen LogP contribution is 2.12. The molecular weight excluding hydrogens is 290 g/mol. The summed E-state index contributed by atoms with van der Waals surface area (Å²) in [6, 6.07) is 18.4. The van der Waals surface area contributed by atoms with Gasteiger partial charge in [0.1, 0.15) is 0 Å². The lowest BCUT2D eigenvalue weighted by molar-refractivity contribution is -0.116. The fourth-order valence-electron chi connectivity index (χ4n) is 2.03. The Hall–Kier alpha value is -2.00. The highest BCUT2D eigenvalue weighted by atomic mass is 32.2. The number of nitrogens with one attached hydrogen (secondary N) is 1. The molecule has 0 unspecified atom stereocenters. The van der Waals surface area contributed by atoms with Crippen molar-refractivity contribution in [1.82, 2.24) is 5.32 Å². The van der Waals surface area contributed by atoms with Gasteiger partial charge in [0.25, 0.3) is 0 Å². The van der Waals surface area contributed by atoms with Gasteiger partial charge in [-0.2, -0.15) is 11.8 Å². The molecule has 2 rings (SSSR count). The average Bonchev–Trinajstić information content (AvgIpc) is 2.54. The lowest BCUT2D eigenvalue weighted by atomic mass is 10.2. The van der Waals surface area contributed by atoms with Crippen molar-refractivity contribution in [3.05, 3.63) is 77.4 Å². The Labute approximate surface area is 136 Å². The summed E-state index contributed by atoms with van der Waals surface area (Å²) in [5, 5.41) is 2.90. The number of carbonyl (C=O) groups excluding carboxylic acids is 1. The quantitative estimate of drug-likeness (QED) is 0.617. The first-order valence-corrected chi connectivity index (χ1v) is 8.54. The van der Waals surface area contributed by atoms with Gasteiger partial charge >= 0.3 is 0 Å². The molecule has 0 spiro atoms. The fraction of sp³-hybridized carbons (Fsp3) is 0.211. The lowest BCUT2D eigenvalue weighted by Gasteiger charge is -2.04. The second-order valence-electron chi connectivity index (χ2n) is 5.08. The third-order valence-corrected chi connectivity index (χ3v) is 4.15. The van der Waals surface area contributed by atoms with E-state index in [4.69, 9.17) is 0 Å². The number of rotatable bonds is 7. The van der Waals surface area contributed by atoms with Crippen molar-refractivity contribution in [2.75, 3.05) is 12.3 Å². The molecule has 0 atom stereocenters. The normalized spacial score (nSPS) is 10.8. The van der Waals surface area contributed by atoms with Crippen molar-refractivity contribution < 1.29 is 4.79 Å². The molecule has 0 bridgehead atoms. The second-order valence-corrected chi connectivity index (χ2v) is 6.18. The molecule has 0 fully saturated rings. The number of thioether (sulfide) groups is 1. The van der Waals surface area contributed by atoms with Crippen LogP contribution in [-0.2, 0) is 10.5 Å². The van der Waals surface area contributed by atoms with Gasteiger partial charge < -0.3 is 5.32 Å². The molecule has 0 heterocycles. The SMILES string of the molecule is Cc1cccc(CSCCNC(=O)/C=C/c2ccccc2)c1. The zero-order valence-corrected chi connectivity index (χ0v) is 13.6. The Morgan fingerprint density at radius 3 is 2.73 bits per heavy atom. The van der Waals surface area contributed by atoms with Crippen LogP contribution in [0.15, 0.2) is 60.7 Å². The van der Waals surface area contributed by atoms with E-state index >= 15 is 0 Å². The van der Waals surface area contributed by atoms with Gasteiger partial charge in [-0.15, -0.1) is 0 Å². The predicted molar refractivity (Wildman–Crippen MR) is 95.8 cm³/mol. The van der Waals surface area contributed by atoms with E-state index in [0.717, 1.165) is 17.1 Å². The van der Waals surface area contributed by atoms with E-state index in [1.54, 1.807) is 6.08 Å². The van der Waals surface area contributed by atoms with Crippen molar-refractivity contribution in [2.45, 2.75) is 12.7 Å². The van der Waals surface area contributed by atoms with E-state index in [2.05, 4.69) is 36.5 Å². The summed E-state index contributed by atoms with van der Waals surface area (Å²) in [6.07, 6.45) is 3.41. The third kappa shape index (κ3) is 6.19. The number of aryl methyl sites for hydroxylation is 1. The summed E-state index contributed by atoms with van der Waals surface area (Å²) in [5.74, 6) is 1.86. The Morgan fingerprint density at radius 1 is 1.14 bits per heavy atom. The summed E-state index contributed by atoms with van der Waals surface area (Å²) in [7, 11) is 0. The second kappa shape index (κ2) is 9.11. The van der Waals surface area contributed by atoms with Crippen LogP contribution < -0.4 is 5.32 Å². The number of benzene rings is 2. The van der Waals surface area contributed by atoms with Gasteiger partial charge in [0.15, 0.2) is 0 Å². The zero-order valence-electron chi connectivity index (χ0n) is 12.8. The van der Waals surface area contributed by atoms with Crippen LogP contribution >= 0.6 is 11.8 Å². The van der Waals surface area contributed by atoms with Crippen LogP contribution in [0.2, 0.25) is 0 Å². The predicted octanol–water partition coefficient (Wildman–Crippen LogP) is 4.06. The van der Waals surface area contributed by atoms with Crippen LogP contribution in [0.5, 0.6) is 0 Å². The van der Waals surface area contributed by atoms with Crippen LogP contribution in [0.25, 0.3) is 6.08 Å². The number of amides is 1. The minimum atomic E-state index is -0.0417. The van der Waals surface area contributed by atoms with E-state index in [-0.39, 0.29) is 5.91 Å². The highest BCUT2D eigenvalue weighted by molar-refractivity contribution is 7.98. The van der Waals surface area contributed by atoms with Crippen molar-refractivity contribution in [3.8, 4) is 0 Å². The van der Waals surface area contributed by atoms with Crippen molar-refractivity contribution in [2.24, 2.45) is 0 Å². The first-order chi connectivity index (χ1) is 10.7. The molecule has 0 radical (unpaired) electrons. The van der Waals surface area contributed by atoms with Crippen LogP contribution in [-0.4, -0.2) is 18.2 Å². The van der Waals surface area contributed by atoms with Crippen LogP contribution in [0.4, 0.5) is 0 Å². The molecule has 3 heteroatoms. The molecule has 1 amide bonds. The number of hydrogen-bond donors (Lipinski definition) is 1. The average molecular weight is 311 g/mol. The molecule has 22 heavy (non-hydrogen) atoms. The number of carbonyl (C=O) groups is 1. The molecule has 0 aliphatic heterocycles. The van der Waals surface area contributed by atoms with E-state index in [0.29, 0.717) is 6.54 Å². The van der Waals surface area contributed by atoms with Gasteiger partial charge in [0.2, 0.25) is 5.91 Å². The van der Waals surface area contributed by atoms with Gasteiger partial charge in [-0.1, -0.05) is 60.2 Å². The Morgan fingerprint density at radius 2 is 1.95 bits per heavy atom. The van der Waals surface area contributed by atoms with Gasteiger partial charge in [-0.3, -0.25) is 4.79 Å². The number of hydrogen-bond acceptors (Lipinski definition) is 2. The third-order valence-electron chi connectivity index (χ3n) is 3.12. The minimum absolute atomic E-state index is 0.0417. The molecule has 2 aromatic carbocycles. The van der Waals surface area contributed by atoms with E-state index in [1.807, 2.05) is 48.2 Å².